The van der Waals surface area contributed by atoms with Gasteiger partial charge in [0, 0.05) is 10.1 Å². The number of phosphoric ester groups is 6. The summed E-state index contributed by atoms with van der Waals surface area (Å²) in [6, 6.07) is -1.60. The molecule has 0 radical (unpaired) electrons. The SMILES string of the molecule is C/C=C/OOOOOCCOP(=O)([O-])OCC(COP(=O)([O-])OC1CCC(OP(=O)([O-])OC(COP(=O)([O-])OC2CCC(OP(=O)([O-])OC3CCC(OP(=O)([O-])OCC(CO)NC)CC3)CC2)NC)CC1)NC.C=C.C=C.C=C.C=C. The highest BCUT2D eigenvalue weighted by Crippen LogP contribution is 2.51. The predicted molar refractivity (Wildman–Crippen MR) is 277 cm³/mol. The van der Waals surface area contributed by atoms with Crippen LogP contribution in [0.5, 0.6) is 0 Å². The molecule has 9 atom stereocenters. The minimum Gasteiger partial charge on any atom is -0.756 e. The summed E-state index contributed by atoms with van der Waals surface area (Å²) in [4.78, 5) is 83.6. The molecule has 39 heteroatoms. The third kappa shape index (κ3) is 40.0. The summed E-state index contributed by atoms with van der Waals surface area (Å²) < 4.78 is 135. The van der Waals surface area contributed by atoms with Crippen LogP contribution in [0.4, 0.5) is 0 Å². The van der Waals surface area contributed by atoms with Gasteiger partial charge in [-0.15, -0.1) is 52.6 Å². The maximum absolute atomic E-state index is 12.8. The fraction of sp³-hybridized carbons (Fsp3) is 0.762. The number of rotatable bonds is 39. The van der Waals surface area contributed by atoms with Crippen LogP contribution < -0.4 is 45.3 Å². The second-order valence-corrected chi connectivity index (χ2v) is 24.3. The summed E-state index contributed by atoms with van der Waals surface area (Å²) in [5.74, 6) is 0. The van der Waals surface area contributed by atoms with Crippen LogP contribution in [0, 0.1) is 0 Å². The van der Waals surface area contributed by atoms with Crippen molar-refractivity contribution in [2.45, 2.75) is 139 Å². The van der Waals surface area contributed by atoms with Gasteiger partial charge >= 0.3 is 0 Å². The second-order valence-electron chi connectivity index (χ2n) is 16.2. The molecular weight excluding hydrogens is 1210 g/mol. The number of aliphatic hydroxyl groups excluding tert-OH is 1. The summed E-state index contributed by atoms with van der Waals surface area (Å²) in [6.45, 7) is 21.8. The van der Waals surface area contributed by atoms with Gasteiger partial charge in [-0.2, -0.15) is 0 Å². The van der Waals surface area contributed by atoms with Crippen molar-refractivity contribution in [2.24, 2.45) is 0 Å². The number of nitrogens with one attached hydrogen (secondary N) is 3. The average molecular weight is 1290 g/mol. The van der Waals surface area contributed by atoms with Gasteiger partial charge in [-0.3, -0.25) is 37.2 Å². The molecule has 0 amide bonds. The summed E-state index contributed by atoms with van der Waals surface area (Å²) >= 11 is 0. The van der Waals surface area contributed by atoms with E-state index in [-0.39, 0.29) is 90.3 Å². The molecule has 9 unspecified atom stereocenters. The van der Waals surface area contributed by atoms with Crippen LogP contribution >= 0.6 is 46.9 Å². The van der Waals surface area contributed by atoms with E-state index in [1.807, 2.05) is 0 Å². The van der Waals surface area contributed by atoms with Crippen molar-refractivity contribution < 1.29 is 141 Å². The van der Waals surface area contributed by atoms with E-state index in [0.717, 1.165) is 6.26 Å². The van der Waals surface area contributed by atoms with Gasteiger partial charge in [0.1, 0.15) is 19.1 Å². The van der Waals surface area contributed by atoms with E-state index in [1.54, 1.807) is 6.92 Å². The van der Waals surface area contributed by atoms with Crippen molar-refractivity contribution >= 4 is 46.9 Å². The van der Waals surface area contributed by atoms with E-state index in [1.165, 1.54) is 27.2 Å². The van der Waals surface area contributed by atoms with Gasteiger partial charge in [0.25, 0.3) is 46.9 Å². The first-order chi connectivity index (χ1) is 38.3. The Morgan fingerprint density at radius 3 is 1.12 bits per heavy atom. The minimum absolute atomic E-state index is 0.00109. The molecule has 0 aliphatic heterocycles. The molecule has 3 fully saturated rings. The summed E-state index contributed by atoms with van der Waals surface area (Å²) in [6.07, 6.45) is -3.56. The third-order valence-electron chi connectivity index (χ3n) is 10.6. The maximum atomic E-state index is 12.8. The molecule has 0 aromatic heterocycles. The molecule has 81 heavy (non-hydrogen) atoms. The van der Waals surface area contributed by atoms with Crippen molar-refractivity contribution in [1.82, 2.24) is 16.0 Å². The molecule has 3 saturated carbocycles. The molecule has 3 aliphatic rings. The van der Waals surface area contributed by atoms with Crippen molar-refractivity contribution in [3.8, 4) is 0 Å². The fourth-order valence-electron chi connectivity index (χ4n) is 6.81. The monoisotopic (exact) mass is 1290 g/mol. The summed E-state index contributed by atoms with van der Waals surface area (Å²) in [7, 11) is -25.5. The number of hydrogen-bond donors (Lipinski definition) is 4. The zero-order valence-corrected chi connectivity index (χ0v) is 51.3. The zero-order valence-electron chi connectivity index (χ0n) is 45.9. The molecule has 480 valence electrons. The van der Waals surface area contributed by atoms with Gasteiger partial charge in [-0.25, -0.2) is 4.89 Å². The number of likely N-dealkylation sites (N-methyl/N-ethyl adjacent to an activating group) is 3. The van der Waals surface area contributed by atoms with Gasteiger partial charge in [-0.1, -0.05) is 0 Å². The van der Waals surface area contributed by atoms with E-state index < -0.39 is 135 Å². The highest BCUT2D eigenvalue weighted by Gasteiger charge is 2.34. The van der Waals surface area contributed by atoms with Crippen LogP contribution in [0.15, 0.2) is 65.0 Å². The van der Waals surface area contributed by atoms with Crippen molar-refractivity contribution in [3.63, 3.8) is 0 Å². The van der Waals surface area contributed by atoms with Crippen molar-refractivity contribution in [3.05, 3.63) is 65.0 Å². The first kappa shape index (κ1) is 81.9. The summed E-state index contributed by atoms with van der Waals surface area (Å²) in [5.41, 5.74) is 0. The first-order valence-corrected chi connectivity index (χ1v) is 33.5. The number of allylic oxidation sites excluding steroid dienone is 1. The third-order valence-corrected chi connectivity index (χ3v) is 16.8. The Labute approximate surface area is 473 Å². The Morgan fingerprint density at radius 2 is 0.778 bits per heavy atom. The van der Waals surface area contributed by atoms with Gasteiger partial charge in [0.2, 0.25) is 0 Å². The van der Waals surface area contributed by atoms with Crippen LogP contribution in [-0.4, -0.2) is 127 Å². The molecule has 0 bridgehead atoms. The topological polar surface area (TPSA) is 454 Å². The molecule has 4 N–H and O–H groups in total. The van der Waals surface area contributed by atoms with E-state index in [4.69, 9.17) is 54.9 Å². The summed E-state index contributed by atoms with van der Waals surface area (Å²) in [5, 5.41) is 28.9. The lowest BCUT2D eigenvalue weighted by atomic mass is 9.95. The van der Waals surface area contributed by atoms with Gasteiger partial charge in [-0.05, 0) is 116 Å². The largest absolute Gasteiger partial charge is 0.756 e. The molecule has 0 saturated heterocycles. The molecule has 3 rings (SSSR count). The molecule has 0 aromatic rings. The number of aliphatic hydroxyl groups is 1. The smallest absolute Gasteiger partial charge is 0.269 e. The van der Waals surface area contributed by atoms with E-state index in [0.29, 0.717) is 0 Å². The first-order valence-electron chi connectivity index (χ1n) is 24.7. The Bertz CT molecular complexity index is 1950. The lowest BCUT2D eigenvalue weighted by molar-refractivity contribution is -0.700. The average Bonchev–Trinajstić information content (AvgIpc) is 3.43. The Hall–Kier alpha value is -1.16. The zero-order chi connectivity index (χ0) is 62.2. The molecule has 33 nitrogen and oxygen atoms in total. The Balaban J connectivity index is 0. The number of phosphoric acid groups is 6. The van der Waals surface area contributed by atoms with Crippen molar-refractivity contribution in [1.29, 1.82) is 0 Å². The maximum Gasteiger partial charge on any atom is 0.269 e. The molecule has 0 aromatic carbocycles. The fourth-order valence-corrected chi connectivity index (χ4v) is 12.8. The second kappa shape index (κ2) is 45.2. The van der Waals surface area contributed by atoms with Gasteiger partial charge < -0.3 is 99.7 Å². The predicted octanol–water partition coefficient (Wildman–Crippen LogP) is 3.13. The molecule has 3 aliphatic carbocycles. The quantitative estimate of drug-likeness (QED) is 0.0131. The normalized spacial score (nSPS) is 25.8. The van der Waals surface area contributed by atoms with E-state index >= 15 is 0 Å². The molecular formula is C42H81N3O30P6-6. The van der Waals surface area contributed by atoms with Crippen LogP contribution in [0.1, 0.15) is 84.0 Å². The molecule has 0 spiro atoms. The lowest BCUT2D eigenvalue weighted by Crippen LogP contribution is -2.36. The van der Waals surface area contributed by atoms with Crippen molar-refractivity contribution in [2.75, 3.05) is 67.4 Å². The highest BCUT2D eigenvalue weighted by molar-refractivity contribution is 7.47. The number of hydrogen-bond acceptors (Lipinski definition) is 33. The van der Waals surface area contributed by atoms with Crippen LogP contribution in [0.3, 0.4) is 0 Å². The van der Waals surface area contributed by atoms with Crippen LogP contribution in [0.25, 0.3) is 0 Å². The Morgan fingerprint density at radius 1 is 0.444 bits per heavy atom. The van der Waals surface area contributed by atoms with Gasteiger partial charge in [0.05, 0.1) is 88.3 Å². The molecule has 0 heterocycles. The van der Waals surface area contributed by atoms with Crippen LogP contribution in [-0.2, 0) is 107 Å². The van der Waals surface area contributed by atoms with E-state index in [2.05, 4.69) is 98.0 Å². The van der Waals surface area contributed by atoms with Crippen LogP contribution in [0.2, 0.25) is 0 Å². The minimum atomic E-state index is -5.14. The highest BCUT2D eigenvalue weighted by atomic mass is 31.2. The van der Waals surface area contributed by atoms with E-state index in [9.17, 15) is 56.8 Å². The van der Waals surface area contributed by atoms with Gasteiger partial charge in [0.15, 0.2) is 0 Å². The lowest BCUT2D eigenvalue weighted by Gasteiger charge is -2.38. The Kier molecular flexibility index (Phi) is 45.7. The standard InChI is InChI=1S/C34H71N3O30P6.4C2H4/c1-5-18-51-65-67-66-52-19-20-53-68(39,40)54-23-27(36-3)24-56-70(43,44)59-29-10-16-33(17-11-29)63-73(49,50)64-34(37-4)25-57-71(45,46)60-30-8-14-32(15-9-30)62-72(47,48)61-31-12-6-28(7-13-31)58-69(41,42)55-22-26(21-38)35-2;4*1-2/h5,18,26-38H,6-17,19-25H2,1-4H3,(H,39,40)(H,41,42)(H,43,44)(H,45,46)(H,47,48)(H,49,50);4*1-2H2/p-6/b18-5+;;;;.